The first-order valence-electron chi connectivity index (χ1n) is 6.92. The Morgan fingerprint density at radius 3 is 2.88 bits per heavy atom. The van der Waals surface area contributed by atoms with Crippen LogP contribution in [0.5, 0.6) is 0 Å². The van der Waals surface area contributed by atoms with Crippen molar-refractivity contribution in [3.8, 4) is 0 Å². The molecule has 2 heterocycles. The minimum Gasteiger partial charge on any atom is -0.393 e. The Hall–Kier alpha value is -0.610. The third kappa shape index (κ3) is 2.99. The third-order valence-corrected chi connectivity index (χ3v) is 4.14. The summed E-state index contributed by atoms with van der Waals surface area (Å²) in [5.74, 6) is 0.506. The second-order valence-electron chi connectivity index (χ2n) is 5.31. The van der Waals surface area contributed by atoms with Gasteiger partial charge in [0, 0.05) is 19.0 Å². The summed E-state index contributed by atoms with van der Waals surface area (Å²) >= 11 is 0. The summed E-state index contributed by atoms with van der Waals surface area (Å²) in [6.07, 6.45) is 4.76. The Morgan fingerprint density at radius 2 is 2.24 bits per heavy atom. The lowest BCUT2D eigenvalue weighted by Gasteiger charge is -2.38. The predicted octanol–water partition coefficient (Wildman–Crippen LogP) is 0.748. The molecule has 0 aromatic heterocycles. The first kappa shape index (κ1) is 12.8. The van der Waals surface area contributed by atoms with Gasteiger partial charge in [0.05, 0.1) is 12.1 Å². The number of hydrogen-bond donors (Lipinski definition) is 2. The van der Waals surface area contributed by atoms with Gasteiger partial charge in [-0.25, -0.2) is 0 Å². The number of carbonyl (C=O) groups excluding carboxylic acids is 1. The summed E-state index contributed by atoms with van der Waals surface area (Å²) in [5.41, 5.74) is 0. The molecule has 0 bridgehead atoms. The number of likely N-dealkylation sites (tertiary alicyclic amines) is 1. The number of aliphatic hydroxyl groups excluding tert-OH is 1. The molecule has 98 valence electrons. The molecule has 3 atom stereocenters. The maximum atomic E-state index is 12.3. The fraction of sp³-hybridized carbons (Fsp3) is 0.923. The molecule has 4 nitrogen and oxygen atoms in total. The van der Waals surface area contributed by atoms with Crippen LogP contribution in [0.25, 0.3) is 0 Å². The van der Waals surface area contributed by atoms with Crippen molar-refractivity contribution in [1.29, 1.82) is 0 Å². The second-order valence-corrected chi connectivity index (χ2v) is 5.31. The van der Waals surface area contributed by atoms with E-state index in [2.05, 4.69) is 12.2 Å². The quantitative estimate of drug-likeness (QED) is 0.749. The summed E-state index contributed by atoms with van der Waals surface area (Å²) in [6, 6.07) is 0.0245. The number of carbonyl (C=O) groups is 1. The minimum atomic E-state index is -0.219. The van der Waals surface area contributed by atoms with Gasteiger partial charge in [-0.05, 0) is 32.2 Å². The zero-order valence-corrected chi connectivity index (χ0v) is 10.7. The van der Waals surface area contributed by atoms with E-state index in [4.69, 9.17) is 0 Å². The first-order chi connectivity index (χ1) is 8.22. The van der Waals surface area contributed by atoms with Gasteiger partial charge >= 0.3 is 0 Å². The zero-order valence-electron chi connectivity index (χ0n) is 10.7. The van der Waals surface area contributed by atoms with Crippen molar-refractivity contribution in [1.82, 2.24) is 10.2 Å². The molecule has 2 saturated heterocycles. The van der Waals surface area contributed by atoms with E-state index in [-0.39, 0.29) is 24.0 Å². The summed E-state index contributed by atoms with van der Waals surface area (Å²) in [7, 11) is 0. The van der Waals surface area contributed by atoms with E-state index in [1.165, 1.54) is 6.42 Å². The number of piperidine rings is 2. The summed E-state index contributed by atoms with van der Waals surface area (Å²) in [5, 5.41) is 13.1. The van der Waals surface area contributed by atoms with Crippen LogP contribution in [0.15, 0.2) is 0 Å². The van der Waals surface area contributed by atoms with Gasteiger partial charge < -0.3 is 15.3 Å². The van der Waals surface area contributed by atoms with Crippen LogP contribution in [0.2, 0.25) is 0 Å². The highest BCUT2D eigenvalue weighted by Gasteiger charge is 2.32. The molecule has 0 radical (unpaired) electrons. The number of hydrogen-bond acceptors (Lipinski definition) is 3. The smallest absolute Gasteiger partial charge is 0.239 e. The van der Waals surface area contributed by atoms with Crippen LogP contribution >= 0.6 is 0 Å². The Morgan fingerprint density at radius 1 is 1.41 bits per heavy atom. The molecule has 0 aliphatic carbocycles. The lowest BCUT2D eigenvalue weighted by molar-refractivity contribution is -0.137. The molecular formula is C13H24N2O2. The van der Waals surface area contributed by atoms with Crippen LogP contribution in [-0.4, -0.2) is 47.7 Å². The summed E-state index contributed by atoms with van der Waals surface area (Å²) in [4.78, 5) is 14.3. The van der Waals surface area contributed by atoms with Crippen molar-refractivity contribution in [2.75, 3.05) is 19.6 Å². The van der Waals surface area contributed by atoms with Crippen LogP contribution in [0, 0.1) is 5.92 Å². The molecule has 2 fully saturated rings. The largest absolute Gasteiger partial charge is 0.393 e. The van der Waals surface area contributed by atoms with Gasteiger partial charge in [0.15, 0.2) is 0 Å². The molecule has 2 aliphatic rings. The molecule has 2 aliphatic heterocycles. The van der Waals surface area contributed by atoms with Crippen molar-refractivity contribution in [3.63, 3.8) is 0 Å². The SMILES string of the molecule is CC[C@@H]1CN(C(=O)[C@H]2CCCCN2)CC[C@@H]1O. The maximum absolute atomic E-state index is 12.3. The first-order valence-corrected chi connectivity index (χ1v) is 6.92. The van der Waals surface area contributed by atoms with Gasteiger partial charge in [-0.3, -0.25) is 4.79 Å². The van der Waals surface area contributed by atoms with Gasteiger partial charge in [0.25, 0.3) is 0 Å². The van der Waals surface area contributed by atoms with E-state index >= 15 is 0 Å². The van der Waals surface area contributed by atoms with Crippen molar-refractivity contribution in [2.24, 2.45) is 5.92 Å². The molecule has 1 amide bonds. The Bertz CT molecular complexity index is 264. The van der Waals surface area contributed by atoms with E-state index in [9.17, 15) is 9.90 Å². The number of amides is 1. The zero-order chi connectivity index (χ0) is 12.3. The topological polar surface area (TPSA) is 52.6 Å². The van der Waals surface area contributed by atoms with Crippen LogP contribution in [-0.2, 0) is 4.79 Å². The second kappa shape index (κ2) is 5.83. The maximum Gasteiger partial charge on any atom is 0.239 e. The minimum absolute atomic E-state index is 0.0245. The van der Waals surface area contributed by atoms with Crippen LogP contribution in [0.1, 0.15) is 39.0 Å². The molecule has 0 spiro atoms. The van der Waals surface area contributed by atoms with Gasteiger partial charge in [-0.15, -0.1) is 0 Å². The van der Waals surface area contributed by atoms with Gasteiger partial charge in [0.1, 0.15) is 0 Å². The molecule has 2 rings (SSSR count). The van der Waals surface area contributed by atoms with Gasteiger partial charge in [-0.1, -0.05) is 13.3 Å². The van der Waals surface area contributed by atoms with Crippen LogP contribution in [0.4, 0.5) is 0 Å². The average Bonchev–Trinajstić information content (AvgIpc) is 2.39. The van der Waals surface area contributed by atoms with E-state index in [0.29, 0.717) is 6.54 Å². The summed E-state index contributed by atoms with van der Waals surface area (Å²) < 4.78 is 0. The van der Waals surface area contributed by atoms with Crippen molar-refractivity contribution < 1.29 is 9.90 Å². The van der Waals surface area contributed by atoms with Crippen molar-refractivity contribution in [3.05, 3.63) is 0 Å². The molecular weight excluding hydrogens is 216 g/mol. The monoisotopic (exact) mass is 240 g/mol. The normalized spacial score (nSPS) is 34.7. The van der Waals surface area contributed by atoms with E-state index in [1.54, 1.807) is 0 Å². The molecule has 0 saturated carbocycles. The lowest BCUT2D eigenvalue weighted by Crippen LogP contribution is -2.53. The van der Waals surface area contributed by atoms with E-state index in [0.717, 1.165) is 38.8 Å². The van der Waals surface area contributed by atoms with Gasteiger partial charge in [0.2, 0.25) is 5.91 Å². The fourth-order valence-corrected chi connectivity index (χ4v) is 2.90. The highest BCUT2D eigenvalue weighted by Crippen LogP contribution is 2.21. The number of rotatable bonds is 2. The highest BCUT2D eigenvalue weighted by molar-refractivity contribution is 5.82. The molecule has 2 N–H and O–H groups in total. The van der Waals surface area contributed by atoms with Crippen LogP contribution in [0.3, 0.4) is 0 Å². The molecule has 0 aromatic rings. The number of nitrogens with zero attached hydrogens (tertiary/aromatic N) is 1. The van der Waals surface area contributed by atoms with Gasteiger partial charge in [-0.2, -0.15) is 0 Å². The fourth-order valence-electron chi connectivity index (χ4n) is 2.90. The number of nitrogens with one attached hydrogen (secondary N) is 1. The molecule has 0 aromatic carbocycles. The average molecular weight is 240 g/mol. The molecule has 17 heavy (non-hydrogen) atoms. The van der Waals surface area contributed by atoms with Crippen molar-refractivity contribution in [2.45, 2.75) is 51.2 Å². The standard InChI is InChI=1S/C13H24N2O2/c1-2-10-9-15(8-6-12(10)16)13(17)11-5-3-4-7-14-11/h10-12,14,16H,2-9H2,1H3/t10-,11-,12+/m1/s1. The molecule has 0 unspecified atom stereocenters. The Kier molecular flexibility index (Phi) is 4.40. The predicted molar refractivity (Wildman–Crippen MR) is 66.6 cm³/mol. The van der Waals surface area contributed by atoms with E-state index in [1.807, 2.05) is 4.90 Å². The third-order valence-electron chi connectivity index (χ3n) is 4.14. The number of aliphatic hydroxyl groups is 1. The highest BCUT2D eigenvalue weighted by atomic mass is 16.3. The van der Waals surface area contributed by atoms with Crippen LogP contribution < -0.4 is 5.32 Å². The summed E-state index contributed by atoms with van der Waals surface area (Å²) in [6.45, 7) is 4.49. The van der Waals surface area contributed by atoms with E-state index < -0.39 is 0 Å². The Balaban J connectivity index is 1.90. The van der Waals surface area contributed by atoms with Crippen molar-refractivity contribution >= 4 is 5.91 Å². The Labute approximate surface area is 103 Å². The lowest BCUT2D eigenvalue weighted by atomic mass is 9.91. The molecule has 4 heteroatoms.